The Labute approximate surface area is 170 Å². The summed E-state index contributed by atoms with van der Waals surface area (Å²) in [5.74, 6) is -0.195. The highest BCUT2D eigenvalue weighted by Gasteiger charge is 2.50. The molecule has 3 fully saturated rings. The average Bonchev–Trinajstić information content (AvgIpc) is 2.95. The van der Waals surface area contributed by atoms with E-state index in [-0.39, 0.29) is 37.0 Å². The number of likely N-dealkylation sites (tertiary alicyclic amines) is 1. The molecule has 29 heavy (non-hydrogen) atoms. The van der Waals surface area contributed by atoms with E-state index in [2.05, 4.69) is 16.0 Å². The zero-order chi connectivity index (χ0) is 20.7. The predicted octanol–water partition coefficient (Wildman–Crippen LogP) is -1.45. The Morgan fingerprint density at radius 2 is 2.07 bits per heavy atom. The highest BCUT2D eigenvalue weighted by Crippen LogP contribution is 2.31. The second-order valence-electron chi connectivity index (χ2n) is 8.59. The first-order valence-electron chi connectivity index (χ1n) is 10.5. The topological polar surface area (TPSA) is 106 Å². The highest BCUT2D eigenvalue weighted by molar-refractivity contribution is 5.82. The van der Waals surface area contributed by atoms with E-state index in [0.29, 0.717) is 19.5 Å². The van der Waals surface area contributed by atoms with Crippen molar-refractivity contribution in [3.8, 4) is 0 Å². The van der Waals surface area contributed by atoms with Gasteiger partial charge in [0.1, 0.15) is 6.17 Å². The van der Waals surface area contributed by atoms with E-state index in [1.54, 1.807) is 17.0 Å². The van der Waals surface area contributed by atoms with Gasteiger partial charge in [0, 0.05) is 58.3 Å². The molecule has 4 aliphatic rings. The van der Waals surface area contributed by atoms with E-state index in [1.807, 2.05) is 12.1 Å². The minimum atomic E-state index is -0.981. The number of amides is 2. The SMILES string of the molecule is CN1CC(C2=C(NC(=O)C3C(N)N(C)N4CC(F)CNC34)CNCC2)CCC1=O. The first-order chi connectivity index (χ1) is 13.9. The number of halogens is 1. The molecule has 0 aromatic rings. The molecule has 10 heteroatoms. The van der Waals surface area contributed by atoms with Gasteiger partial charge in [0.2, 0.25) is 11.8 Å². The number of alkyl halides is 1. The number of nitrogens with two attached hydrogens (primary N) is 1. The molecule has 0 spiro atoms. The van der Waals surface area contributed by atoms with Crippen LogP contribution in [-0.2, 0) is 9.59 Å². The summed E-state index contributed by atoms with van der Waals surface area (Å²) in [6, 6.07) is 0. The monoisotopic (exact) mass is 409 g/mol. The molecule has 5 atom stereocenters. The van der Waals surface area contributed by atoms with Gasteiger partial charge in [-0.1, -0.05) is 0 Å². The molecule has 162 valence electrons. The maximum atomic E-state index is 13.8. The molecule has 0 aromatic carbocycles. The van der Waals surface area contributed by atoms with Crippen LogP contribution in [0.4, 0.5) is 4.39 Å². The van der Waals surface area contributed by atoms with Gasteiger partial charge in [0.05, 0.1) is 18.2 Å². The van der Waals surface area contributed by atoms with Gasteiger partial charge in [-0.2, -0.15) is 0 Å². The van der Waals surface area contributed by atoms with Crippen LogP contribution in [0.1, 0.15) is 19.3 Å². The number of fused-ring (bicyclic) bond motifs is 1. The molecule has 5 unspecified atom stereocenters. The molecular weight excluding hydrogens is 377 g/mol. The number of nitrogens with zero attached hydrogens (tertiary/aromatic N) is 3. The van der Waals surface area contributed by atoms with Gasteiger partial charge in [-0.3, -0.25) is 14.9 Å². The third-order valence-electron chi connectivity index (χ3n) is 6.76. The number of piperidine rings is 1. The molecule has 4 aliphatic heterocycles. The molecule has 0 aromatic heterocycles. The molecule has 5 N–H and O–H groups in total. The van der Waals surface area contributed by atoms with Crippen LogP contribution in [0.15, 0.2) is 11.3 Å². The predicted molar refractivity (Wildman–Crippen MR) is 106 cm³/mol. The van der Waals surface area contributed by atoms with E-state index < -0.39 is 18.3 Å². The number of nitrogens with one attached hydrogen (secondary N) is 3. The normalized spacial score (nSPS) is 37.0. The van der Waals surface area contributed by atoms with Crippen molar-refractivity contribution in [2.24, 2.45) is 17.6 Å². The maximum absolute atomic E-state index is 13.8. The summed E-state index contributed by atoms with van der Waals surface area (Å²) in [5, 5.41) is 13.2. The summed E-state index contributed by atoms with van der Waals surface area (Å²) in [6.07, 6.45) is 0.419. The Hall–Kier alpha value is -1.59. The smallest absolute Gasteiger partial charge is 0.233 e. The molecule has 4 rings (SSSR count). The van der Waals surface area contributed by atoms with Crippen molar-refractivity contribution in [2.45, 2.75) is 37.8 Å². The quantitative estimate of drug-likeness (QED) is 0.452. The lowest BCUT2D eigenvalue weighted by molar-refractivity contribution is -0.133. The minimum Gasteiger partial charge on any atom is -0.345 e. The standard InChI is InChI=1S/C19H32FN7O2/c1-25-9-11(3-4-15(25)28)13-5-6-22-8-14(13)24-19(29)16-17(21)26(2)27-10-12(20)7-23-18(16)27/h11-12,16-18,22-23H,3-10,21H2,1-2H3,(H,24,29). The Morgan fingerprint density at radius 3 is 2.83 bits per heavy atom. The molecule has 4 heterocycles. The van der Waals surface area contributed by atoms with Crippen LogP contribution >= 0.6 is 0 Å². The number of hydrogen-bond acceptors (Lipinski definition) is 7. The largest absolute Gasteiger partial charge is 0.345 e. The Balaban J connectivity index is 1.51. The molecular formula is C19H32FN7O2. The Morgan fingerprint density at radius 1 is 1.28 bits per heavy atom. The van der Waals surface area contributed by atoms with E-state index >= 15 is 0 Å². The summed E-state index contributed by atoms with van der Waals surface area (Å²) < 4.78 is 13.8. The van der Waals surface area contributed by atoms with E-state index in [4.69, 9.17) is 5.73 Å². The number of hydrazine groups is 1. The van der Waals surface area contributed by atoms with E-state index in [0.717, 1.165) is 25.1 Å². The third-order valence-corrected chi connectivity index (χ3v) is 6.76. The maximum Gasteiger partial charge on any atom is 0.233 e. The van der Waals surface area contributed by atoms with Gasteiger partial charge in [-0.15, -0.1) is 0 Å². The molecule has 0 radical (unpaired) electrons. The van der Waals surface area contributed by atoms with Crippen LogP contribution in [0.5, 0.6) is 0 Å². The number of rotatable bonds is 3. The van der Waals surface area contributed by atoms with E-state index in [1.165, 1.54) is 5.57 Å². The van der Waals surface area contributed by atoms with Crippen molar-refractivity contribution in [3.63, 3.8) is 0 Å². The fraction of sp³-hybridized carbons (Fsp3) is 0.789. The van der Waals surface area contributed by atoms with Gasteiger partial charge in [-0.05, 0) is 25.0 Å². The Bertz CT molecular complexity index is 702. The average molecular weight is 410 g/mol. The zero-order valence-electron chi connectivity index (χ0n) is 17.2. The lowest BCUT2D eigenvalue weighted by Gasteiger charge is -2.37. The van der Waals surface area contributed by atoms with Crippen molar-refractivity contribution < 1.29 is 14.0 Å². The van der Waals surface area contributed by atoms with Crippen molar-refractivity contribution in [2.75, 3.05) is 46.8 Å². The number of hydrogen-bond donors (Lipinski definition) is 4. The van der Waals surface area contributed by atoms with Crippen molar-refractivity contribution >= 4 is 11.8 Å². The molecule has 2 amide bonds. The zero-order valence-corrected chi connectivity index (χ0v) is 17.2. The molecule has 0 bridgehead atoms. The van der Waals surface area contributed by atoms with Crippen LogP contribution in [0, 0.1) is 11.8 Å². The van der Waals surface area contributed by atoms with Crippen molar-refractivity contribution in [3.05, 3.63) is 11.3 Å². The second-order valence-corrected chi connectivity index (χ2v) is 8.59. The fourth-order valence-corrected chi connectivity index (χ4v) is 5.07. The summed E-state index contributed by atoms with van der Waals surface area (Å²) in [5.41, 5.74) is 8.46. The minimum absolute atomic E-state index is 0.141. The molecule has 0 saturated carbocycles. The van der Waals surface area contributed by atoms with Gasteiger partial charge in [0.15, 0.2) is 0 Å². The lowest BCUT2D eigenvalue weighted by Crippen LogP contribution is -2.59. The molecule has 0 aliphatic carbocycles. The van der Waals surface area contributed by atoms with Crippen LogP contribution < -0.4 is 21.7 Å². The van der Waals surface area contributed by atoms with Gasteiger partial charge in [-0.25, -0.2) is 14.4 Å². The van der Waals surface area contributed by atoms with Crippen LogP contribution in [0.25, 0.3) is 0 Å². The van der Waals surface area contributed by atoms with Gasteiger partial charge < -0.3 is 21.3 Å². The number of carbonyl (C=O) groups is 2. The van der Waals surface area contributed by atoms with Crippen LogP contribution in [0.2, 0.25) is 0 Å². The van der Waals surface area contributed by atoms with Crippen LogP contribution in [0.3, 0.4) is 0 Å². The summed E-state index contributed by atoms with van der Waals surface area (Å²) >= 11 is 0. The van der Waals surface area contributed by atoms with Gasteiger partial charge in [0.25, 0.3) is 0 Å². The summed E-state index contributed by atoms with van der Waals surface area (Å²) in [6.45, 7) is 2.62. The first-order valence-corrected chi connectivity index (χ1v) is 10.5. The Kier molecular flexibility index (Phi) is 5.90. The highest BCUT2D eigenvalue weighted by atomic mass is 19.1. The second kappa shape index (κ2) is 8.27. The molecule has 3 saturated heterocycles. The lowest BCUT2D eigenvalue weighted by atomic mass is 9.85. The number of carbonyl (C=O) groups excluding carboxylic acids is 2. The summed E-state index contributed by atoms with van der Waals surface area (Å²) in [7, 11) is 3.63. The van der Waals surface area contributed by atoms with Crippen LogP contribution in [-0.4, -0.2) is 92.1 Å². The van der Waals surface area contributed by atoms with E-state index in [9.17, 15) is 14.0 Å². The molecule has 9 nitrogen and oxygen atoms in total. The fourth-order valence-electron chi connectivity index (χ4n) is 5.07. The van der Waals surface area contributed by atoms with Crippen molar-refractivity contribution in [1.29, 1.82) is 0 Å². The van der Waals surface area contributed by atoms with Crippen molar-refractivity contribution in [1.82, 2.24) is 30.9 Å². The van der Waals surface area contributed by atoms with Gasteiger partial charge >= 0.3 is 0 Å². The third kappa shape index (κ3) is 3.91. The first kappa shape index (κ1) is 20.7. The summed E-state index contributed by atoms with van der Waals surface area (Å²) in [4.78, 5) is 26.9.